The van der Waals surface area contributed by atoms with Gasteiger partial charge in [0.25, 0.3) is 10.0 Å². The topological polar surface area (TPSA) is 81.4 Å². The number of oxazole rings is 1. The van der Waals surface area contributed by atoms with Crippen LogP contribution in [0.15, 0.2) is 94.4 Å². The summed E-state index contributed by atoms with van der Waals surface area (Å²) in [6, 6.07) is 22.8. The minimum atomic E-state index is -4.16. The van der Waals surface area contributed by atoms with Crippen molar-refractivity contribution in [3.8, 4) is 28.5 Å². The molecule has 0 saturated carbocycles. The first-order valence-corrected chi connectivity index (χ1v) is 10.6. The Morgan fingerprint density at radius 1 is 0.839 bits per heavy atom. The second-order valence-electron chi connectivity index (χ2n) is 6.39. The molecule has 3 aromatic carbocycles. The van der Waals surface area contributed by atoms with Crippen LogP contribution >= 0.6 is 0 Å². The summed E-state index contributed by atoms with van der Waals surface area (Å²) in [5.74, 6) is 0.154. The highest BCUT2D eigenvalue weighted by Crippen LogP contribution is 2.33. The standard InChI is InChI=1S/C22H16F2N2O4S/c23-22(24)29-18-13-11-17(12-14-18)26-31(27,28)21-19(15-7-3-1-4-8-15)30-20(25-21)16-9-5-2-6-10-16/h1-14,22,26H. The third-order valence-corrected chi connectivity index (χ3v) is 5.53. The monoisotopic (exact) mass is 442 g/mol. The third kappa shape index (κ3) is 4.72. The molecule has 0 unspecified atom stereocenters. The summed E-state index contributed by atoms with van der Waals surface area (Å²) >= 11 is 0. The van der Waals surface area contributed by atoms with Crippen LogP contribution in [0.3, 0.4) is 0 Å². The van der Waals surface area contributed by atoms with Gasteiger partial charge in [0.15, 0.2) is 5.76 Å². The van der Waals surface area contributed by atoms with Crippen molar-refractivity contribution in [2.24, 2.45) is 0 Å². The number of nitrogens with one attached hydrogen (secondary N) is 1. The number of sulfonamides is 1. The molecule has 9 heteroatoms. The van der Waals surface area contributed by atoms with Crippen molar-refractivity contribution >= 4 is 15.7 Å². The van der Waals surface area contributed by atoms with E-state index in [1.165, 1.54) is 24.3 Å². The fourth-order valence-electron chi connectivity index (χ4n) is 2.87. The molecule has 0 amide bonds. The average molecular weight is 442 g/mol. The average Bonchev–Trinajstić information content (AvgIpc) is 3.23. The molecule has 0 saturated heterocycles. The van der Waals surface area contributed by atoms with E-state index >= 15 is 0 Å². The summed E-state index contributed by atoms with van der Waals surface area (Å²) in [6.07, 6.45) is 0. The quantitative estimate of drug-likeness (QED) is 0.414. The van der Waals surface area contributed by atoms with E-state index in [1.807, 2.05) is 6.07 Å². The van der Waals surface area contributed by atoms with Gasteiger partial charge in [0, 0.05) is 16.8 Å². The Balaban J connectivity index is 1.72. The Morgan fingerprint density at radius 2 is 1.42 bits per heavy atom. The largest absolute Gasteiger partial charge is 0.435 e. The molecule has 158 valence electrons. The summed E-state index contributed by atoms with van der Waals surface area (Å²) in [7, 11) is -4.16. The lowest BCUT2D eigenvalue weighted by Gasteiger charge is -2.08. The molecule has 0 spiro atoms. The molecule has 1 aromatic heterocycles. The van der Waals surface area contributed by atoms with Crippen LogP contribution in [-0.4, -0.2) is 20.0 Å². The number of anilines is 1. The SMILES string of the molecule is O=S(=O)(Nc1ccc(OC(F)F)cc1)c1nc(-c2ccccc2)oc1-c1ccccc1. The molecule has 4 rings (SSSR count). The molecular weight excluding hydrogens is 426 g/mol. The molecule has 0 aliphatic carbocycles. The Labute approximate surface area is 177 Å². The first-order valence-electron chi connectivity index (χ1n) is 9.12. The normalized spacial score (nSPS) is 11.5. The molecule has 0 fully saturated rings. The number of aromatic nitrogens is 1. The van der Waals surface area contributed by atoms with E-state index in [1.54, 1.807) is 54.6 Å². The van der Waals surface area contributed by atoms with Gasteiger partial charge in [-0.15, -0.1) is 0 Å². The summed E-state index contributed by atoms with van der Waals surface area (Å²) in [5, 5.41) is -0.287. The van der Waals surface area contributed by atoms with Crippen LogP contribution in [0.2, 0.25) is 0 Å². The first-order chi connectivity index (χ1) is 14.9. The van der Waals surface area contributed by atoms with Crippen LogP contribution < -0.4 is 9.46 Å². The molecule has 0 aliphatic rings. The molecule has 0 atom stereocenters. The van der Waals surface area contributed by atoms with Gasteiger partial charge in [-0.1, -0.05) is 48.5 Å². The van der Waals surface area contributed by atoms with Gasteiger partial charge in [0.2, 0.25) is 10.9 Å². The Hall–Kier alpha value is -3.72. The van der Waals surface area contributed by atoms with E-state index in [2.05, 4.69) is 14.4 Å². The number of halogens is 2. The van der Waals surface area contributed by atoms with Gasteiger partial charge in [-0.2, -0.15) is 22.2 Å². The Kier molecular flexibility index (Phi) is 5.68. The maximum absolute atomic E-state index is 13.1. The van der Waals surface area contributed by atoms with Crippen LogP contribution in [0.5, 0.6) is 5.75 Å². The summed E-state index contributed by atoms with van der Waals surface area (Å²) in [5.41, 5.74) is 1.32. The number of benzene rings is 3. The van der Waals surface area contributed by atoms with Crippen molar-refractivity contribution in [2.45, 2.75) is 11.6 Å². The lowest BCUT2D eigenvalue weighted by atomic mass is 10.2. The Morgan fingerprint density at radius 3 is 2.00 bits per heavy atom. The number of alkyl halides is 2. The van der Waals surface area contributed by atoms with Crippen molar-refractivity contribution in [3.63, 3.8) is 0 Å². The second-order valence-corrected chi connectivity index (χ2v) is 7.99. The van der Waals surface area contributed by atoms with E-state index in [0.29, 0.717) is 11.1 Å². The van der Waals surface area contributed by atoms with Gasteiger partial charge < -0.3 is 9.15 Å². The highest BCUT2D eigenvalue weighted by Gasteiger charge is 2.27. The van der Waals surface area contributed by atoms with Crippen LogP contribution in [0.1, 0.15) is 0 Å². The molecule has 1 heterocycles. The molecule has 31 heavy (non-hydrogen) atoms. The van der Waals surface area contributed by atoms with Crippen molar-refractivity contribution in [2.75, 3.05) is 4.72 Å². The smallest absolute Gasteiger partial charge is 0.387 e. The zero-order chi connectivity index (χ0) is 21.8. The fraction of sp³-hybridized carbons (Fsp3) is 0.0455. The zero-order valence-corrected chi connectivity index (χ0v) is 16.7. The number of ether oxygens (including phenoxy) is 1. The van der Waals surface area contributed by atoms with Crippen molar-refractivity contribution in [1.82, 2.24) is 4.98 Å². The molecular formula is C22H16F2N2O4S. The van der Waals surface area contributed by atoms with Gasteiger partial charge in [-0.25, -0.2) is 0 Å². The van der Waals surface area contributed by atoms with Crippen LogP contribution in [0.4, 0.5) is 14.5 Å². The predicted molar refractivity (Wildman–Crippen MR) is 111 cm³/mol. The van der Waals surface area contributed by atoms with E-state index in [4.69, 9.17) is 4.42 Å². The van der Waals surface area contributed by atoms with Gasteiger partial charge in [-0.3, -0.25) is 4.72 Å². The Bertz CT molecular complexity index is 1260. The highest BCUT2D eigenvalue weighted by molar-refractivity contribution is 7.92. The summed E-state index contributed by atoms with van der Waals surface area (Å²) in [6.45, 7) is -2.97. The molecule has 0 radical (unpaired) electrons. The van der Waals surface area contributed by atoms with E-state index in [9.17, 15) is 17.2 Å². The van der Waals surface area contributed by atoms with Crippen molar-refractivity contribution in [1.29, 1.82) is 0 Å². The van der Waals surface area contributed by atoms with Gasteiger partial charge in [-0.05, 0) is 36.4 Å². The molecule has 1 N–H and O–H groups in total. The van der Waals surface area contributed by atoms with E-state index < -0.39 is 16.6 Å². The second kappa shape index (κ2) is 8.57. The molecule has 0 bridgehead atoms. The number of hydrogen-bond donors (Lipinski definition) is 1. The van der Waals surface area contributed by atoms with Crippen LogP contribution in [0, 0.1) is 0 Å². The van der Waals surface area contributed by atoms with Gasteiger partial charge >= 0.3 is 6.61 Å². The maximum Gasteiger partial charge on any atom is 0.387 e. The minimum absolute atomic E-state index is 0.0873. The lowest BCUT2D eigenvalue weighted by Crippen LogP contribution is -2.14. The molecule has 0 aliphatic heterocycles. The molecule has 4 aromatic rings. The predicted octanol–water partition coefficient (Wildman–Crippen LogP) is 5.41. The van der Waals surface area contributed by atoms with E-state index in [-0.39, 0.29) is 28.1 Å². The molecule has 6 nitrogen and oxygen atoms in total. The lowest BCUT2D eigenvalue weighted by molar-refractivity contribution is -0.0498. The summed E-state index contributed by atoms with van der Waals surface area (Å²) in [4.78, 5) is 4.24. The fourth-order valence-corrected chi connectivity index (χ4v) is 4.02. The van der Waals surface area contributed by atoms with Crippen LogP contribution in [-0.2, 0) is 10.0 Å². The number of rotatable bonds is 7. The highest BCUT2D eigenvalue weighted by atomic mass is 32.2. The minimum Gasteiger partial charge on any atom is -0.435 e. The third-order valence-electron chi connectivity index (χ3n) is 4.24. The number of nitrogens with zero attached hydrogens (tertiary/aromatic N) is 1. The van der Waals surface area contributed by atoms with Crippen molar-refractivity contribution in [3.05, 3.63) is 84.9 Å². The van der Waals surface area contributed by atoms with E-state index in [0.717, 1.165) is 0 Å². The van der Waals surface area contributed by atoms with Gasteiger partial charge in [0.05, 0.1) is 0 Å². The van der Waals surface area contributed by atoms with Crippen LogP contribution in [0.25, 0.3) is 22.8 Å². The first kappa shape index (κ1) is 20.5. The maximum atomic E-state index is 13.1. The summed E-state index contributed by atoms with van der Waals surface area (Å²) < 4.78 is 63.4. The van der Waals surface area contributed by atoms with Crippen molar-refractivity contribution < 1.29 is 26.4 Å². The number of hydrogen-bond acceptors (Lipinski definition) is 5. The van der Waals surface area contributed by atoms with Gasteiger partial charge in [0.1, 0.15) is 5.75 Å². The zero-order valence-electron chi connectivity index (χ0n) is 15.9.